The molecule has 1 amide bonds. The Morgan fingerprint density at radius 3 is 2.27 bits per heavy atom. The van der Waals surface area contributed by atoms with Gasteiger partial charge in [-0.25, -0.2) is 9.59 Å². The van der Waals surface area contributed by atoms with Crippen LogP contribution < -0.4 is 5.32 Å². The normalized spacial score (nSPS) is 23.4. The second kappa shape index (κ2) is 7.42. The van der Waals surface area contributed by atoms with E-state index in [1.807, 2.05) is 0 Å². The Labute approximate surface area is 129 Å². The number of nitrogens with one attached hydrogen (secondary N) is 1. The average molecular weight is 316 g/mol. The monoisotopic (exact) mass is 316 g/mol. The molecule has 1 saturated carbocycles. The summed E-state index contributed by atoms with van der Waals surface area (Å²) in [6.45, 7) is 5.09. The van der Waals surface area contributed by atoms with Crippen molar-refractivity contribution in [3.05, 3.63) is 10.1 Å². The van der Waals surface area contributed by atoms with Crippen LogP contribution in [0.1, 0.15) is 52.9 Å². The van der Waals surface area contributed by atoms with Gasteiger partial charge in [-0.1, -0.05) is 0 Å². The summed E-state index contributed by atoms with van der Waals surface area (Å²) in [5.41, 5.74) is -0.698. The van der Waals surface area contributed by atoms with Crippen molar-refractivity contribution < 1.29 is 24.4 Å². The third kappa shape index (κ3) is 6.28. The van der Waals surface area contributed by atoms with E-state index in [2.05, 4.69) is 5.32 Å². The van der Waals surface area contributed by atoms with Gasteiger partial charge in [0.15, 0.2) is 0 Å². The molecule has 1 fully saturated rings. The number of nitrogens with zero attached hydrogens (tertiary/aromatic N) is 1. The zero-order chi connectivity index (χ0) is 16.9. The predicted octanol–water partition coefficient (Wildman–Crippen LogP) is 2.19. The van der Waals surface area contributed by atoms with Crippen LogP contribution in [-0.4, -0.2) is 39.8 Å². The van der Waals surface area contributed by atoms with Gasteiger partial charge in [0, 0.05) is 17.8 Å². The smallest absolute Gasteiger partial charge is 0.408 e. The largest absolute Gasteiger partial charge is 0.480 e. The van der Waals surface area contributed by atoms with Crippen molar-refractivity contribution in [1.82, 2.24) is 5.32 Å². The van der Waals surface area contributed by atoms with Crippen LogP contribution in [-0.2, 0) is 9.53 Å². The number of carboxylic acids is 1. The lowest BCUT2D eigenvalue weighted by atomic mass is 9.82. The summed E-state index contributed by atoms with van der Waals surface area (Å²) >= 11 is 0. The molecule has 0 spiro atoms. The second-order valence-corrected chi connectivity index (χ2v) is 6.73. The number of hydrogen-bond donors (Lipinski definition) is 2. The lowest BCUT2D eigenvalue weighted by molar-refractivity contribution is -0.527. The molecule has 1 aliphatic carbocycles. The molecular weight excluding hydrogens is 292 g/mol. The summed E-state index contributed by atoms with van der Waals surface area (Å²) in [7, 11) is 0. The topological polar surface area (TPSA) is 119 Å². The molecule has 22 heavy (non-hydrogen) atoms. The van der Waals surface area contributed by atoms with E-state index >= 15 is 0 Å². The zero-order valence-electron chi connectivity index (χ0n) is 13.2. The summed E-state index contributed by atoms with van der Waals surface area (Å²) < 4.78 is 5.05. The highest BCUT2D eigenvalue weighted by atomic mass is 16.6. The van der Waals surface area contributed by atoms with Crippen LogP contribution in [0.3, 0.4) is 0 Å². The Morgan fingerprint density at radius 2 is 1.86 bits per heavy atom. The van der Waals surface area contributed by atoms with E-state index in [0.717, 1.165) is 0 Å². The summed E-state index contributed by atoms with van der Waals surface area (Å²) in [5, 5.41) is 22.3. The van der Waals surface area contributed by atoms with Crippen LogP contribution in [0.25, 0.3) is 0 Å². The van der Waals surface area contributed by atoms with Crippen molar-refractivity contribution in [2.24, 2.45) is 5.92 Å². The number of ether oxygens (including phenoxy) is 1. The van der Waals surface area contributed by atoms with Crippen molar-refractivity contribution in [1.29, 1.82) is 0 Å². The lowest BCUT2D eigenvalue weighted by Crippen LogP contribution is -2.44. The summed E-state index contributed by atoms with van der Waals surface area (Å²) in [6, 6.07) is -1.56. The van der Waals surface area contributed by atoms with Crippen LogP contribution >= 0.6 is 0 Å². The Bertz CT molecular complexity index is 424. The quantitative estimate of drug-likeness (QED) is 0.592. The number of carboxylic acid groups (broad SMARTS) is 1. The molecule has 2 N–H and O–H groups in total. The summed E-state index contributed by atoms with van der Waals surface area (Å²) in [6.07, 6.45) is 1.61. The van der Waals surface area contributed by atoms with E-state index in [4.69, 9.17) is 4.74 Å². The van der Waals surface area contributed by atoms with Gasteiger partial charge >= 0.3 is 12.1 Å². The number of rotatable bonds is 5. The molecule has 8 nitrogen and oxygen atoms in total. The molecule has 1 rings (SSSR count). The van der Waals surface area contributed by atoms with Crippen LogP contribution in [0.4, 0.5) is 4.79 Å². The molecular formula is C14H24N2O6. The maximum atomic E-state index is 11.7. The first-order valence-electron chi connectivity index (χ1n) is 7.44. The molecule has 0 heterocycles. The molecule has 1 atom stereocenters. The highest BCUT2D eigenvalue weighted by Gasteiger charge is 2.32. The fourth-order valence-corrected chi connectivity index (χ4v) is 2.60. The van der Waals surface area contributed by atoms with Gasteiger partial charge in [0.05, 0.1) is 0 Å². The van der Waals surface area contributed by atoms with E-state index in [1.165, 1.54) is 0 Å². The third-order valence-electron chi connectivity index (χ3n) is 3.67. The standard InChI is InChI=1S/C14H24N2O6/c1-14(2,3)22-13(19)15-11(12(17)18)8-9-4-6-10(7-5-9)16(20)21/h9-11H,4-8H2,1-3H3,(H,15,19)(H,17,18). The Kier molecular flexibility index (Phi) is 6.13. The molecule has 0 aromatic heterocycles. The van der Waals surface area contributed by atoms with Crippen molar-refractivity contribution in [3.63, 3.8) is 0 Å². The third-order valence-corrected chi connectivity index (χ3v) is 3.67. The van der Waals surface area contributed by atoms with E-state index in [9.17, 15) is 24.8 Å². The van der Waals surface area contributed by atoms with E-state index in [0.29, 0.717) is 25.7 Å². The predicted molar refractivity (Wildman–Crippen MR) is 78.2 cm³/mol. The molecule has 0 aliphatic heterocycles. The van der Waals surface area contributed by atoms with E-state index in [1.54, 1.807) is 20.8 Å². The SMILES string of the molecule is CC(C)(C)OC(=O)NC(CC1CCC([N+](=O)[O-])CC1)C(=O)O. The second-order valence-electron chi connectivity index (χ2n) is 6.73. The molecule has 1 unspecified atom stereocenters. The Morgan fingerprint density at radius 1 is 1.32 bits per heavy atom. The van der Waals surface area contributed by atoms with Crippen LogP contribution in [0, 0.1) is 16.0 Å². The van der Waals surface area contributed by atoms with Crippen LogP contribution in [0.2, 0.25) is 0 Å². The molecule has 0 radical (unpaired) electrons. The maximum Gasteiger partial charge on any atom is 0.408 e. The van der Waals surface area contributed by atoms with Gasteiger partial charge in [0.2, 0.25) is 6.04 Å². The first kappa shape index (κ1) is 18.2. The van der Waals surface area contributed by atoms with Gasteiger partial charge in [0.25, 0.3) is 0 Å². The number of nitro groups is 1. The highest BCUT2D eigenvalue weighted by Crippen LogP contribution is 2.29. The van der Waals surface area contributed by atoms with Crippen LogP contribution in [0.15, 0.2) is 0 Å². The number of hydrogen-bond acceptors (Lipinski definition) is 5. The number of amides is 1. The van der Waals surface area contributed by atoms with Gasteiger partial charge < -0.3 is 15.2 Å². The average Bonchev–Trinajstić information content (AvgIpc) is 2.36. The number of carbonyl (C=O) groups is 2. The first-order valence-corrected chi connectivity index (χ1v) is 7.44. The van der Waals surface area contributed by atoms with Gasteiger partial charge in [-0.3, -0.25) is 10.1 Å². The van der Waals surface area contributed by atoms with Crippen molar-refractivity contribution in [3.8, 4) is 0 Å². The fourth-order valence-electron chi connectivity index (χ4n) is 2.60. The molecule has 8 heteroatoms. The maximum absolute atomic E-state index is 11.7. The zero-order valence-corrected chi connectivity index (χ0v) is 13.2. The van der Waals surface area contributed by atoms with Crippen LogP contribution in [0.5, 0.6) is 0 Å². The van der Waals surface area contributed by atoms with Gasteiger partial charge in [-0.2, -0.15) is 0 Å². The van der Waals surface area contributed by atoms with Crippen molar-refractivity contribution in [2.45, 2.75) is 70.6 Å². The molecule has 0 saturated heterocycles. The van der Waals surface area contributed by atoms with Crippen molar-refractivity contribution >= 4 is 12.1 Å². The van der Waals surface area contributed by atoms with Gasteiger partial charge in [-0.15, -0.1) is 0 Å². The molecule has 1 aliphatic rings. The van der Waals surface area contributed by atoms with E-state index < -0.39 is 29.7 Å². The lowest BCUT2D eigenvalue weighted by Gasteiger charge is -2.27. The first-order chi connectivity index (χ1) is 10.1. The minimum Gasteiger partial charge on any atom is -0.480 e. The number of carbonyl (C=O) groups excluding carboxylic acids is 1. The van der Waals surface area contributed by atoms with Gasteiger partial charge in [-0.05, 0) is 46.0 Å². The molecule has 0 aromatic rings. The minimum absolute atomic E-state index is 0.0623. The number of alkyl carbamates (subject to hydrolysis) is 1. The highest BCUT2D eigenvalue weighted by molar-refractivity contribution is 5.80. The number of aliphatic carboxylic acids is 1. The molecule has 0 aromatic carbocycles. The molecule has 126 valence electrons. The summed E-state index contributed by atoms with van der Waals surface area (Å²) in [5.74, 6) is -1.06. The minimum atomic E-state index is -1.12. The molecule has 0 bridgehead atoms. The summed E-state index contributed by atoms with van der Waals surface area (Å²) in [4.78, 5) is 33.4. The Hall–Kier alpha value is -1.86. The van der Waals surface area contributed by atoms with E-state index in [-0.39, 0.29) is 17.3 Å². The Balaban J connectivity index is 2.50. The van der Waals surface area contributed by atoms with Crippen molar-refractivity contribution in [2.75, 3.05) is 0 Å². The van der Waals surface area contributed by atoms with Gasteiger partial charge in [0.1, 0.15) is 11.6 Å². The fraction of sp³-hybridized carbons (Fsp3) is 0.857.